The maximum absolute atomic E-state index is 11.3. The van der Waals surface area contributed by atoms with Gasteiger partial charge in [0, 0.05) is 0 Å². The fourth-order valence-electron chi connectivity index (χ4n) is 0.565. The zero-order valence-electron chi connectivity index (χ0n) is 12.1. The molecule has 0 aliphatic carbocycles. The van der Waals surface area contributed by atoms with Crippen molar-refractivity contribution in [2.24, 2.45) is 0 Å². The van der Waals surface area contributed by atoms with Gasteiger partial charge < -0.3 is 15.7 Å². The Morgan fingerprint density at radius 3 is 0.821 bits per heavy atom. The van der Waals surface area contributed by atoms with Gasteiger partial charge in [-0.3, -0.25) is 9.59 Å². The normalized spacial score (nSPS) is 13.4. The third kappa shape index (κ3) is 14.2. The van der Waals surface area contributed by atoms with Gasteiger partial charge in [-0.15, -0.1) is 0 Å². The van der Waals surface area contributed by atoms with Gasteiger partial charge in [0.2, 0.25) is 0 Å². The minimum Gasteiger partial charge on any atom is -0.869 e. The first-order valence-corrected chi connectivity index (χ1v) is 5.24. The van der Waals surface area contributed by atoms with E-state index in [1.54, 1.807) is 0 Å². The van der Waals surface area contributed by atoms with E-state index in [2.05, 4.69) is 0 Å². The number of hydrogen-bond donors (Lipinski definition) is 0. The summed E-state index contributed by atoms with van der Waals surface area (Å²) in [6.45, 7) is 0. The van der Waals surface area contributed by atoms with Crippen LogP contribution in [-0.2, 0) is 26.7 Å². The van der Waals surface area contributed by atoms with Gasteiger partial charge in [0.15, 0.2) is 0 Å². The molecular formula is C10H4CuF12O5. The summed E-state index contributed by atoms with van der Waals surface area (Å²) in [4.78, 5) is 19.6. The van der Waals surface area contributed by atoms with Crippen molar-refractivity contribution < 1.29 is 95.0 Å². The molecule has 0 fully saturated rings. The molecule has 5 nitrogen and oxygen atoms in total. The Kier molecular flexibility index (Phi) is 13.4. The molecule has 0 aliphatic heterocycles. The Bertz CT molecular complexity index is 530. The summed E-state index contributed by atoms with van der Waals surface area (Å²) in [5, 5.41) is 19.6. The van der Waals surface area contributed by atoms with Crippen LogP contribution < -0.4 is 10.2 Å². The molecule has 0 bridgehead atoms. The molecule has 0 rings (SSSR count). The van der Waals surface area contributed by atoms with Crippen molar-refractivity contribution in [3.8, 4) is 0 Å². The largest absolute Gasteiger partial charge is 2.00 e. The molecule has 0 atom stereocenters. The molecule has 2 N–H and O–H groups in total. The van der Waals surface area contributed by atoms with Crippen LogP contribution in [0.2, 0.25) is 0 Å². The van der Waals surface area contributed by atoms with Crippen molar-refractivity contribution >= 4 is 11.6 Å². The van der Waals surface area contributed by atoms with Crippen molar-refractivity contribution in [2.75, 3.05) is 0 Å². The maximum Gasteiger partial charge on any atom is 2.00 e. The molecule has 0 unspecified atom stereocenters. The molecule has 18 heteroatoms. The smallest absolute Gasteiger partial charge is 0.869 e. The van der Waals surface area contributed by atoms with Gasteiger partial charge in [-0.05, 0) is 23.7 Å². The molecular weight excluding hydrogens is 492 g/mol. The van der Waals surface area contributed by atoms with Crippen LogP contribution in [0, 0.1) is 0 Å². The van der Waals surface area contributed by atoms with E-state index in [1.165, 1.54) is 0 Å². The number of ketones is 2. The first-order chi connectivity index (χ1) is 11.1. The fraction of sp³-hybridized carbons (Fsp3) is 0.400. The van der Waals surface area contributed by atoms with Crippen molar-refractivity contribution in [3.63, 3.8) is 0 Å². The standard InChI is InChI=1S/2C5H2F6O2.Cu.H2O/c2*6-4(7,8)2(12)1-3(13)5(9,10)11;;/h2*1,12H;;1H2/q;;+2;/p-2/b2*2-1-;;. The predicted molar refractivity (Wildman–Crippen MR) is 54.0 cm³/mol. The zero-order valence-corrected chi connectivity index (χ0v) is 13.1. The van der Waals surface area contributed by atoms with Crippen LogP contribution in [0.1, 0.15) is 0 Å². The molecule has 0 heterocycles. The fourth-order valence-corrected chi connectivity index (χ4v) is 0.565. The molecule has 1 radical (unpaired) electrons. The van der Waals surface area contributed by atoms with Crippen LogP contribution in [0.4, 0.5) is 52.7 Å². The Balaban J connectivity index is -0.000000192. The van der Waals surface area contributed by atoms with Gasteiger partial charge in [0.25, 0.3) is 11.6 Å². The molecule has 0 aliphatic rings. The average Bonchev–Trinajstić information content (AvgIpc) is 2.34. The van der Waals surface area contributed by atoms with Crippen LogP contribution >= 0.6 is 0 Å². The topological polar surface area (TPSA) is 112 Å². The number of hydrogen-bond acceptors (Lipinski definition) is 4. The maximum atomic E-state index is 11.3. The van der Waals surface area contributed by atoms with Gasteiger partial charge in [-0.2, -0.15) is 52.7 Å². The molecule has 0 saturated carbocycles. The Labute approximate surface area is 156 Å². The summed E-state index contributed by atoms with van der Waals surface area (Å²) < 4.78 is 136. The van der Waals surface area contributed by atoms with Crippen LogP contribution in [0.5, 0.6) is 0 Å². The second-order valence-corrected chi connectivity index (χ2v) is 3.74. The molecule has 0 aromatic heterocycles. The summed E-state index contributed by atoms with van der Waals surface area (Å²) in [5.74, 6) is -11.3. The summed E-state index contributed by atoms with van der Waals surface area (Å²) in [6.07, 6.45) is -23.9. The van der Waals surface area contributed by atoms with Crippen LogP contribution in [0.15, 0.2) is 23.7 Å². The zero-order chi connectivity index (χ0) is 21.7. The second-order valence-electron chi connectivity index (χ2n) is 3.74. The summed E-state index contributed by atoms with van der Waals surface area (Å²) >= 11 is 0. The van der Waals surface area contributed by atoms with Crippen molar-refractivity contribution in [2.45, 2.75) is 24.7 Å². The SMILES string of the molecule is O.O=C(/C=C(\[O-])C(F)(F)F)C(F)(F)F.O=C(/C=C(\[O-])C(F)(F)F)C(F)(F)F.[Cu+2]. The quantitative estimate of drug-likeness (QED) is 0.246. The molecule has 0 aromatic rings. The summed E-state index contributed by atoms with van der Waals surface area (Å²) in [5.41, 5.74) is 0. The number of allylic oxidation sites excluding steroid dienone is 4. The number of carbonyl (C=O) groups is 2. The number of carbonyl (C=O) groups excluding carboxylic acids is 2. The minimum atomic E-state index is -5.46. The van der Waals surface area contributed by atoms with E-state index < -0.39 is 59.9 Å². The third-order valence-corrected chi connectivity index (χ3v) is 1.64. The average molecular weight is 496 g/mol. The van der Waals surface area contributed by atoms with E-state index in [4.69, 9.17) is 0 Å². The Morgan fingerprint density at radius 2 is 0.714 bits per heavy atom. The van der Waals surface area contributed by atoms with Crippen molar-refractivity contribution in [1.82, 2.24) is 0 Å². The third-order valence-electron chi connectivity index (χ3n) is 1.64. The van der Waals surface area contributed by atoms with Crippen molar-refractivity contribution in [3.05, 3.63) is 23.7 Å². The van der Waals surface area contributed by atoms with E-state index in [-0.39, 0.29) is 22.5 Å². The molecule has 0 spiro atoms. The first-order valence-electron chi connectivity index (χ1n) is 5.24. The van der Waals surface area contributed by atoms with Gasteiger partial charge in [-0.25, -0.2) is 0 Å². The Hall–Kier alpha value is -1.94. The van der Waals surface area contributed by atoms with E-state index in [9.17, 15) is 72.5 Å². The van der Waals surface area contributed by atoms with Crippen LogP contribution in [0.25, 0.3) is 0 Å². The molecule has 0 amide bonds. The van der Waals surface area contributed by atoms with Gasteiger partial charge in [0.05, 0.1) is 0 Å². The number of alkyl halides is 12. The van der Waals surface area contributed by atoms with Crippen LogP contribution in [0.3, 0.4) is 0 Å². The van der Waals surface area contributed by atoms with E-state index in [1.807, 2.05) is 0 Å². The van der Waals surface area contributed by atoms with Crippen LogP contribution in [-0.4, -0.2) is 41.7 Å². The number of rotatable bonds is 2. The van der Waals surface area contributed by atoms with E-state index >= 15 is 0 Å². The van der Waals surface area contributed by atoms with E-state index in [0.717, 1.165) is 0 Å². The number of halogens is 12. The van der Waals surface area contributed by atoms with Gasteiger partial charge in [-0.1, -0.05) is 0 Å². The molecule has 169 valence electrons. The molecule has 0 saturated heterocycles. The molecule has 28 heavy (non-hydrogen) atoms. The predicted octanol–water partition coefficient (Wildman–Crippen LogP) is 1.02. The minimum absolute atomic E-state index is 0. The van der Waals surface area contributed by atoms with Gasteiger partial charge in [0.1, 0.15) is 0 Å². The monoisotopic (exact) mass is 495 g/mol. The first kappa shape index (κ1) is 33.6. The Morgan fingerprint density at radius 1 is 0.536 bits per heavy atom. The summed E-state index contributed by atoms with van der Waals surface area (Å²) in [6, 6.07) is 0. The molecule has 0 aromatic carbocycles. The van der Waals surface area contributed by atoms with Crippen molar-refractivity contribution in [1.29, 1.82) is 0 Å². The second kappa shape index (κ2) is 11.2. The van der Waals surface area contributed by atoms with E-state index in [0.29, 0.717) is 0 Å². The van der Waals surface area contributed by atoms with Gasteiger partial charge >= 0.3 is 41.8 Å². The summed E-state index contributed by atoms with van der Waals surface area (Å²) in [7, 11) is 0.